The summed E-state index contributed by atoms with van der Waals surface area (Å²) < 4.78 is 26.1. The monoisotopic (exact) mass is 500 g/mol. The Morgan fingerprint density at radius 1 is 1.17 bits per heavy atom. The molecule has 190 valence electrons. The fraction of sp³-hybridized carbons (Fsp3) is 0.600. The number of urea groups is 1. The van der Waals surface area contributed by atoms with Gasteiger partial charge in [0.25, 0.3) is 0 Å². The third-order valence-electron chi connectivity index (χ3n) is 7.60. The molecule has 9 nitrogen and oxygen atoms in total. The average molecular weight is 501 g/mol. The highest BCUT2D eigenvalue weighted by atomic mass is 32.2. The van der Waals surface area contributed by atoms with Crippen LogP contribution in [0.15, 0.2) is 17.2 Å². The van der Waals surface area contributed by atoms with E-state index in [0.29, 0.717) is 6.54 Å². The first-order valence-corrected chi connectivity index (χ1v) is 14.3. The molecule has 2 atom stereocenters. The normalized spacial score (nSPS) is 21.2. The molecule has 2 heterocycles. The maximum atomic E-state index is 13.4. The highest BCUT2D eigenvalue weighted by Crippen LogP contribution is 2.38. The molecule has 1 aliphatic heterocycles. The van der Waals surface area contributed by atoms with E-state index in [9.17, 15) is 14.1 Å². The first-order chi connectivity index (χ1) is 16.8. The molecule has 1 aromatic heterocycles. The Bertz CT molecular complexity index is 1200. The number of aliphatic hydroxyl groups excluding tert-OH is 1. The van der Waals surface area contributed by atoms with Gasteiger partial charge in [0.05, 0.1) is 12.3 Å². The number of likely N-dealkylation sites (tertiary alicyclic amines) is 1. The smallest absolute Gasteiger partial charge is 0.332 e. The first kappa shape index (κ1) is 24.3. The van der Waals surface area contributed by atoms with Crippen molar-refractivity contribution in [2.75, 3.05) is 18.5 Å². The Hall–Kier alpha value is -2.43. The molecule has 1 unspecified atom stereocenters. The van der Waals surface area contributed by atoms with Crippen molar-refractivity contribution in [2.45, 2.75) is 88.9 Å². The van der Waals surface area contributed by atoms with Crippen molar-refractivity contribution in [1.82, 2.24) is 19.4 Å². The van der Waals surface area contributed by atoms with Gasteiger partial charge in [0.2, 0.25) is 0 Å². The van der Waals surface area contributed by atoms with Crippen molar-refractivity contribution in [1.29, 1.82) is 4.78 Å². The fourth-order valence-corrected chi connectivity index (χ4v) is 6.84. The standard InChI is InChI=1S/C25H36N6O3S/c1-16(2)31-20(14-30-11-5-8-19(30)15-32)13-23(28-31)35(26,34)29-25(33)27-24-21-9-3-6-17(21)12-18-7-4-10-22(18)24/h12-13,16,19,32H,3-11,14-15H2,1-2H3,(H3,26,27,29,33,34)/t19-,35?/m0/s1. The van der Waals surface area contributed by atoms with Gasteiger partial charge in [-0.1, -0.05) is 6.07 Å². The number of fused-ring (bicyclic) bond motifs is 2. The number of nitrogens with one attached hydrogen (secondary N) is 3. The van der Waals surface area contributed by atoms with Crippen LogP contribution in [-0.4, -0.2) is 49.2 Å². The molecular formula is C25H36N6O3S. The van der Waals surface area contributed by atoms with Crippen LogP contribution in [-0.2, 0) is 42.1 Å². The van der Waals surface area contributed by atoms with Crippen molar-refractivity contribution < 1.29 is 14.1 Å². The largest absolute Gasteiger partial charge is 0.395 e. The lowest BCUT2D eigenvalue weighted by Gasteiger charge is -2.23. The number of rotatable bonds is 7. The number of hydrogen-bond donors (Lipinski definition) is 4. The van der Waals surface area contributed by atoms with Crippen LogP contribution < -0.4 is 10.0 Å². The summed E-state index contributed by atoms with van der Waals surface area (Å²) in [5.74, 6) is 0. The second-order valence-electron chi connectivity index (χ2n) is 10.3. The van der Waals surface area contributed by atoms with E-state index < -0.39 is 15.9 Å². The number of carbonyl (C=O) groups excluding carboxylic acids is 1. The fourth-order valence-electron chi connectivity index (χ4n) is 5.92. The minimum atomic E-state index is -3.66. The number of aliphatic hydroxyl groups is 1. The number of carbonyl (C=O) groups is 1. The highest BCUT2D eigenvalue weighted by molar-refractivity contribution is 7.91. The van der Waals surface area contributed by atoms with Gasteiger partial charge in [0.15, 0.2) is 14.9 Å². The quantitative estimate of drug-likeness (QED) is 0.463. The van der Waals surface area contributed by atoms with Gasteiger partial charge in [-0.2, -0.15) is 5.10 Å². The van der Waals surface area contributed by atoms with Crippen LogP contribution in [0.1, 0.15) is 73.5 Å². The van der Waals surface area contributed by atoms with Gasteiger partial charge in [0.1, 0.15) is 0 Å². The lowest BCUT2D eigenvalue weighted by Crippen LogP contribution is -2.34. The first-order valence-electron chi connectivity index (χ1n) is 12.7. The van der Waals surface area contributed by atoms with Crippen molar-refractivity contribution in [3.63, 3.8) is 0 Å². The van der Waals surface area contributed by atoms with E-state index in [4.69, 9.17) is 4.78 Å². The SMILES string of the molecule is CC(C)n1nc(S(=N)(=O)NC(=O)Nc2c3c(cc4c2CCC4)CCC3)cc1CN1CCC[C@H]1CO. The van der Waals surface area contributed by atoms with Crippen LogP contribution in [0.25, 0.3) is 0 Å². The number of amides is 2. The molecule has 3 aliphatic rings. The zero-order valence-corrected chi connectivity index (χ0v) is 21.4. The predicted octanol–water partition coefficient (Wildman–Crippen LogP) is 3.54. The molecule has 35 heavy (non-hydrogen) atoms. The van der Waals surface area contributed by atoms with Crippen LogP contribution in [0, 0.1) is 4.78 Å². The summed E-state index contributed by atoms with van der Waals surface area (Å²) in [6, 6.07) is 3.45. The van der Waals surface area contributed by atoms with Gasteiger partial charge in [0, 0.05) is 24.3 Å². The molecule has 5 rings (SSSR count). The molecule has 1 saturated heterocycles. The van der Waals surface area contributed by atoms with E-state index in [1.54, 1.807) is 10.7 Å². The highest BCUT2D eigenvalue weighted by Gasteiger charge is 2.29. The van der Waals surface area contributed by atoms with Gasteiger partial charge in [-0.15, -0.1) is 0 Å². The lowest BCUT2D eigenvalue weighted by atomic mass is 9.99. The summed E-state index contributed by atoms with van der Waals surface area (Å²) >= 11 is 0. The third kappa shape index (κ3) is 4.71. The summed E-state index contributed by atoms with van der Waals surface area (Å²) in [7, 11) is -3.66. The zero-order chi connectivity index (χ0) is 24.7. The average Bonchev–Trinajstić information content (AvgIpc) is 3.59. The van der Waals surface area contributed by atoms with Gasteiger partial charge in [-0.25, -0.2) is 18.5 Å². The number of aromatic nitrogens is 2. The number of nitrogens with zero attached hydrogens (tertiary/aromatic N) is 3. The molecule has 2 aromatic rings. The molecular weight excluding hydrogens is 464 g/mol. The minimum absolute atomic E-state index is 0.00690. The summed E-state index contributed by atoms with van der Waals surface area (Å²) in [5.41, 5.74) is 6.67. The van der Waals surface area contributed by atoms with Gasteiger partial charge < -0.3 is 10.4 Å². The number of benzene rings is 1. The number of anilines is 1. The molecule has 0 bridgehead atoms. The molecule has 4 N–H and O–H groups in total. The van der Waals surface area contributed by atoms with E-state index in [0.717, 1.165) is 69.3 Å². The van der Waals surface area contributed by atoms with Crippen LogP contribution in [0.4, 0.5) is 10.5 Å². The summed E-state index contributed by atoms with van der Waals surface area (Å²) in [6.07, 6.45) is 8.04. The van der Waals surface area contributed by atoms with Crippen LogP contribution in [0.3, 0.4) is 0 Å². The van der Waals surface area contributed by atoms with E-state index >= 15 is 0 Å². The van der Waals surface area contributed by atoms with Gasteiger partial charge in [-0.05, 0) is 100 Å². The Morgan fingerprint density at radius 3 is 2.49 bits per heavy atom. The van der Waals surface area contributed by atoms with Crippen LogP contribution >= 0.6 is 0 Å². The van der Waals surface area contributed by atoms with Crippen molar-refractivity contribution in [3.8, 4) is 0 Å². The van der Waals surface area contributed by atoms with Gasteiger partial charge >= 0.3 is 6.03 Å². The molecule has 1 fully saturated rings. The Kier molecular flexibility index (Phi) is 6.63. The van der Waals surface area contributed by atoms with E-state index in [-0.39, 0.29) is 23.7 Å². The second kappa shape index (κ2) is 9.55. The molecule has 2 amide bonds. The van der Waals surface area contributed by atoms with Crippen molar-refractivity contribution in [3.05, 3.63) is 40.1 Å². The predicted molar refractivity (Wildman–Crippen MR) is 135 cm³/mol. The zero-order valence-electron chi connectivity index (χ0n) is 20.6. The summed E-state index contributed by atoms with van der Waals surface area (Å²) in [6.45, 7) is 5.51. The van der Waals surface area contributed by atoms with Gasteiger partial charge in [-0.3, -0.25) is 9.58 Å². The van der Waals surface area contributed by atoms with Crippen molar-refractivity contribution >= 4 is 21.6 Å². The van der Waals surface area contributed by atoms with Crippen molar-refractivity contribution in [2.24, 2.45) is 0 Å². The van der Waals surface area contributed by atoms with E-state index in [2.05, 4.69) is 26.1 Å². The van der Waals surface area contributed by atoms with E-state index in [1.807, 2.05) is 13.8 Å². The number of hydrogen-bond acceptors (Lipinski definition) is 6. The molecule has 2 aliphatic carbocycles. The maximum Gasteiger partial charge on any atom is 0.332 e. The molecule has 0 saturated carbocycles. The summed E-state index contributed by atoms with van der Waals surface area (Å²) in [5, 5.41) is 17.2. The van der Waals surface area contributed by atoms with Crippen LogP contribution in [0.5, 0.6) is 0 Å². The lowest BCUT2D eigenvalue weighted by molar-refractivity contribution is 0.150. The Morgan fingerprint density at radius 2 is 1.86 bits per heavy atom. The molecule has 10 heteroatoms. The Balaban J connectivity index is 1.36. The minimum Gasteiger partial charge on any atom is -0.395 e. The topological polar surface area (TPSA) is 123 Å². The van der Waals surface area contributed by atoms with Crippen LogP contribution in [0.2, 0.25) is 0 Å². The summed E-state index contributed by atoms with van der Waals surface area (Å²) in [4.78, 5) is 15.2. The molecule has 0 radical (unpaired) electrons. The third-order valence-corrected chi connectivity index (χ3v) is 8.86. The number of aryl methyl sites for hydroxylation is 2. The molecule has 1 aromatic carbocycles. The molecule has 0 spiro atoms. The van der Waals surface area contributed by atoms with E-state index in [1.165, 1.54) is 22.3 Å². The second-order valence-corrected chi connectivity index (χ2v) is 12.0. The Labute approximate surface area is 207 Å². The maximum absolute atomic E-state index is 13.4.